The van der Waals surface area contributed by atoms with Crippen molar-refractivity contribution in [3.05, 3.63) is 76.6 Å². The number of amides is 1. The van der Waals surface area contributed by atoms with Gasteiger partial charge in [-0.1, -0.05) is 18.2 Å². The van der Waals surface area contributed by atoms with E-state index in [9.17, 15) is 13.6 Å². The standard InChI is InChI=1S/C30H34F2N4O2/c1-19-4-11-28(36-14-12-35(3)13-15-36)26-17-22(6-8-25(19)26)34-29(37)27-10-5-21(18-33-27)24-9-7-23(16-20(24)2)38-30(31)32/h4-5,7,9-11,16,18,22,30H,6,8,12-15,17H2,1-3H3,(H,34,37)/t22-/m0/s1. The highest BCUT2D eigenvalue weighted by Crippen LogP contribution is 2.34. The number of carbonyl (C=O) groups is 1. The molecule has 1 fully saturated rings. The summed E-state index contributed by atoms with van der Waals surface area (Å²) >= 11 is 0. The topological polar surface area (TPSA) is 57.7 Å². The van der Waals surface area contributed by atoms with Crippen LogP contribution in [0.5, 0.6) is 5.75 Å². The number of pyridine rings is 1. The molecule has 0 bridgehead atoms. The number of hydrogen-bond acceptors (Lipinski definition) is 5. The van der Waals surface area contributed by atoms with Gasteiger partial charge in [0.05, 0.1) is 0 Å². The number of piperazine rings is 1. The van der Waals surface area contributed by atoms with Crippen LogP contribution in [0, 0.1) is 13.8 Å². The fraction of sp³-hybridized carbons (Fsp3) is 0.400. The molecule has 6 nitrogen and oxygen atoms in total. The molecule has 1 aliphatic heterocycles. The summed E-state index contributed by atoms with van der Waals surface area (Å²) in [7, 11) is 2.16. The molecule has 1 amide bonds. The van der Waals surface area contributed by atoms with Crippen molar-refractivity contribution >= 4 is 11.6 Å². The summed E-state index contributed by atoms with van der Waals surface area (Å²) in [5, 5.41) is 3.21. The van der Waals surface area contributed by atoms with E-state index in [1.807, 2.05) is 13.0 Å². The smallest absolute Gasteiger partial charge is 0.387 e. The maximum atomic E-state index is 13.1. The van der Waals surface area contributed by atoms with E-state index >= 15 is 0 Å². The summed E-state index contributed by atoms with van der Waals surface area (Å²) in [5.41, 5.74) is 8.22. The predicted molar refractivity (Wildman–Crippen MR) is 145 cm³/mol. The summed E-state index contributed by atoms with van der Waals surface area (Å²) < 4.78 is 29.5. The van der Waals surface area contributed by atoms with Crippen LogP contribution in [0.1, 0.15) is 39.2 Å². The fourth-order valence-corrected chi connectivity index (χ4v) is 5.59. The lowest BCUT2D eigenvalue weighted by molar-refractivity contribution is -0.0498. The Labute approximate surface area is 222 Å². The number of aromatic nitrogens is 1. The molecule has 38 heavy (non-hydrogen) atoms. The summed E-state index contributed by atoms with van der Waals surface area (Å²) in [5.74, 6) is -0.0681. The minimum atomic E-state index is -2.86. The summed E-state index contributed by atoms with van der Waals surface area (Å²) in [4.78, 5) is 22.4. The van der Waals surface area contributed by atoms with Crippen LogP contribution in [0.4, 0.5) is 14.5 Å². The van der Waals surface area contributed by atoms with Crippen molar-refractivity contribution in [2.75, 3.05) is 38.1 Å². The predicted octanol–water partition coefficient (Wildman–Crippen LogP) is 5.01. The van der Waals surface area contributed by atoms with Gasteiger partial charge >= 0.3 is 6.61 Å². The van der Waals surface area contributed by atoms with Crippen molar-refractivity contribution in [3.8, 4) is 16.9 Å². The molecule has 200 valence electrons. The van der Waals surface area contributed by atoms with Crippen LogP contribution >= 0.6 is 0 Å². The number of carbonyl (C=O) groups excluding carboxylic acids is 1. The zero-order chi connectivity index (χ0) is 26.8. The van der Waals surface area contributed by atoms with E-state index in [4.69, 9.17) is 0 Å². The molecular weight excluding hydrogens is 486 g/mol. The number of nitrogens with zero attached hydrogens (tertiary/aromatic N) is 3. The maximum Gasteiger partial charge on any atom is 0.387 e. The second kappa shape index (κ2) is 11.1. The van der Waals surface area contributed by atoms with Gasteiger partial charge in [0.25, 0.3) is 5.91 Å². The van der Waals surface area contributed by atoms with Crippen molar-refractivity contribution in [2.24, 2.45) is 0 Å². The number of benzene rings is 2. The molecule has 8 heteroatoms. The van der Waals surface area contributed by atoms with E-state index in [0.717, 1.165) is 62.1 Å². The van der Waals surface area contributed by atoms with Crippen LogP contribution in [0.3, 0.4) is 0 Å². The van der Waals surface area contributed by atoms with Gasteiger partial charge in [-0.2, -0.15) is 8.78 Å². The molecule has 2 aliphatic rings. The van der Waals surface area contributed by atoms with Crippen LogP contribution in [-0.4, -0.2) is 61.7 Å². The first-order chi connectivity index (χ1) is 18.3. The third-order valence-corrected chi connectivity index (χ3v) is 7.74. The van der Waals surface area contributed by atoms with Gasteiger partial charge in [-0.25, -0.2) is 0 Å². The van der Waals surface area contributed by atoms with Crippen LogP contribution in [-0.2, 0) is 12.8 Å². The lowest BCUT2D eigenvalue weighted by atomic mass is 9.84. The Morgan fingerprint density at radius 2 is 1.82 bits per heavy atom. The van der Waals surface area contributed by atoms with Gasteiger partial charge < -0.3 is 19.9 Å². The number of ether oxygens (including phenoxy) is 1. The Balaban J connectivity index is 1.27. The molecule has 0 spiro atoms. The number of halogens is 2. The van der Waals surface area contributed by atoms with Crippen LogP contribution in [0.15, 0.2) is 48.7 Å². The van der Waals surface area contributed by atoms with Crippen molar-refractivity contribution in [3.63, 3.8) is 0 Å². The lowest BCUT2D eigenvalue weighted by Crippen LogP contribution is -2.45. The Bertz CT molecular complexity index is 1300. The van der Waals surface area contributed by atoms with Gasteiger partial charge in [0.2, 0.25) is 0 Å². The van der Waals surface area contributed by atoms with Crippen molar-refractivity contribution in [1.29, 1.82) is 0 Å². The van der Waals surface area contributed by atoms with Gasteiger partial charge in [-0.3, -0.25) is 9.78 Å². The van der Waals surface area contributed by atoms with E-state index < -0.39 is 6.61 Å². The van der Waals surface area contributed by atoms with Gasteiger partial charge in [-0.05, 0) is 92.2 Å². The van der Waals surface area contributed by atoms with Gasteiger partial charge in [0.15, 0.2) is 0 Å². The average molecular weight is 521 g/mol. The third-order valence-electron chi connectivity index (χ3n) is 7.74. The number of likely N-dealkylation sites (N-methyl/N-ethyl adjacent to an activating group) is 1. The molecule has 1 saturated heterocycles. The molecule has 5 rings (SSSR count). The molecule has 3 aromatic rings. The lowest BCUT2D eigenvalue weighted by Gasteiger charge is -2.37. The second-order valence-electron chi connectivity index (χ2n) is 10.3. The molecule has 0 saturated carbocycles. The fourth-order valence-electron chi connectivity index (χ4n) is 5.59. The van der Waals surface area contributed by atoms with E-state index in [-0.39, 0.29) is 17.7 Å². The zero-order valence-corrected chi connectivity index (χ0v) is 22.1. The molecule has 1 aromatic heterocycles. The molecule has 1 aliphatic carbocycles. The van der Waals surface area contributed by atoms with Crippen LogP contribution in [0.2, 0.25) is 0 Å². The van der Waals surface area contributed by atoms with Gasteiger partial charge in [-0.15, -0.1) is 0 Å². The Hall–Kier alpha value is -3.52. The summed E-state index contributed by atoms with van der Waals surface area (Å²) in [6.07, 6.45) is 4.31. The Morgan fingerprint density at radius 1 is 1.03 bits per heavy atom. The van der Waals surface area contributed by atoms with Crippen LogP contribution in [0.25, 0.3) is 11.1 Å². The van der Waals surface area contributed by atoms with Gasteiger partial charge in [0.1, 0.15) is 11.4 Å². The monoisotopic (exact) mass is 520 g/mol. The average Bonchev–Trinajstić information content (AvgIpc) is 2.89. The number of fused-ring (bicyclic) bond motifs is 1. The van der Waals surface area contributed by atoms with Crippen molar-refractivity contribution in [2.45, 2.75) is 45.8 Å². The third kappa shape index (κ3) is 5.65. The number of alkyl halides is 2. The first-order valence-corrected chi connectivity index (χ1v) is 13.2. The van der Waals surface area contributed by atoms with E-state index in [1.165, 1.54) is 28.4 Å². The highest BCUT2D eigenvalue weighted by Gasteiger charge is 2.27. The number of anilines is 1. The zero-order valence-electron chi connectivity index (χ0n) is 22.1. The van der Waals surface area contributed by atoms with Crippen molar-refractivity contribution in [1.82, 2.24) is 15.2 Å². The largest absolute Gasteiger partial charge is 0.435 e. The number of rotatable bonds is 6. The van der Waals surface area contributed by atoms with E-state index in [0.29, 0.717) is 5.69 Å². The quantitative estimate of drug-likeness (QED) is 0.496. The van der Waals surface area contributed by atoms with E-state index in [1.54, 1.807) is 24.4 Å². The molecule has 0 radical (unpaired) electrons. The minimum absolute atomic E-state index is 0.0501. The number of aryl methyl sites for hydroxylation is 2. The first kappa shape index (κ1) is 26.1. The van der Waals surface area contributed by atoms with Crippen LogP contribution < -0.4 is 15.0 Å². The minimum Gasteiger partial charge on any atom is -0.435 e. The van der Waals surface area contributed by atoms with Crippen molar-refractivity contribution < 1.29 is 18.3 Å². The molecule has 1 N–H and O–H groups in total. The normalized spacial score (nSPS) is 17.8. The van der Waals surface area contributed by atoms with E-state index in [2.05, 4.69) is 50.9 Å². The Morgan fingerprint density at radius 3 is 2.50 bits per heavy atom. The molecule has 2 heterocycles. The molecule has 0 unspecified atom stereocenters. The molecule has 2 aromatic carbocycles. The molecule has 1 atom stereocenters. The van der Waals surface area contributed by atoms with Gasteiger partial charge in [0, 0.05) is 49.7 Å². The molecular formula is C30H34F2N4O2. The summed E-state index contributed by atoms with van der Waals surface area (Å²) in [6, 6.07) is 12.9. The number of hydrogen-bond donors (Lipinski definition) is 1. The summed E-state index contributed by atoms with van der Waals surface area (Å²) in [6.45, 7) is 5.28. The highest BCUT2D eigenvalue weighted by atomic mass is 19.3. The maximum absolute atomic E-state index is 13.1. The second-order valence-corrected chi connectivity index (χ2v) is 10.3. The first-order valence-electron chi connectivity index (χ1n) is 13.2. The SMILES string of the molecule is Cc1cc(OC(F)F)ccc1-c1ccc(C(=O)N[C@H]2CCc3c(C)ccc(N4CCN(C)CC4)c3C2)nc1. The number of nitrogens with one attached hydrogen (secondary N) is 1. The Kier molecular flexibility index (Phi) is 7.61. The highest BCUT2D eigenvalue weighted by molar-refractivity contribution is 5.93.